The Morgan fingerprint density at radius 3 is 2.74 bits per heavy atom. The number of allylic oxidation sites excluding steroid dienone is 1. The Morgan fingerprint density at radius 2 is 2.00 bits per heavy atom. The number of carbonyl (C=O) groups is 1. The van der Waals surface area contributed by atoms with Crippen molar-refractivity contribution in [3.05, 3.63) is 82.6 Å². The monoisotopic (exact) mass is 416 g/mol. The summed E-state index contributed by atoms with van der Waals surface area (Å²) in [6.45, 7) is 2.65. The highest BCUT2D eigenvalue weighted by Gasteiger charge is 2.23. The molecule has 158 valence electrons. The molecule has 0 saturated carbocycles. The van der Waals surface area contributed by atoms with Crippen LogP contribution < -0.4 is 11.5 Å². The highest BCUT2D eigenvalue weighted by molar-refractivity contribution is 6.10. The van der Waals surface area contributed by atoms with Gasteiger partial charge in [-0.2, -0.15) is 0 Å². The number of aromatic nitrogens is 3. The van der Waals surface area contributed by atoms with E-state index < -0.39 is 5.91 Å². The van der Waals surface area contributed by atoms with Crippen molar-refractivity contribution in [2.75, 3.05) is 6.54 Å². The predicted molar refractivity (Wildman–Crippen MR) is 119 cm³/mol. The first kappa shape index (κ1) is 20.5. The van der Waals surface area contributed by atoms with Crippen LogP contribution in [0.2, 0.25) is 0 Å². The number of primary amides is 1. The molecule has 8 heteroatoms. The predicted octanol–water partition coefficient (Wildman–Crippen LogP) is 2.05. The van der Waals surface area contributed by atoms with Crippen LogP contribution in [0.3, 0.4) is 0 Å². The van der Waals surface area contributed by atoms with Crippen LogP contribution >= 0.6 is 0 Å². The summed E-state index contributed by atoms with van der Waals surface area (Å²) in [6.07, 6.45) is 3.77. The number of aryl methyl sites for hydroxylation is 1. The molecule has 1 aliphatic heterocycles. The first-order chi connectivity index (χ1) is 15.1. The first-order valence-electron chi connectivity index (χ1n) is 9.96. The summed E-state index contributed by atoms with van der Waals surface area (Å²) in [5.41, 5.74) is 17.1. The molecule has 31 heavy (non-hydrogen) atoms. The van der Waals surface area contributed by atoms with Crippen molar-refractivity contribution in [3.8, 4) is 5.69 Å². The molecule has 0 fully saturated rings. The molecule has 0 aliphatic carbocycles. The number of hydrogen-bond donors (Lipinski definition) is 2. The van der Waals surface area contributed by atoms with Crippen LogP contribution in [-0.2, 0) is 29.2 Å². The number of nitrogens with two attached hydrogens (primary N) is 2. The molecule has 1 aliphatic rings. The normalized spacial score (nSPS) is 13.6. The Kier molecular flexibility index (Phi) is 5.90. The number of nitrogens with zero attached hydrogens (tertiary/aromatic N) is 4. The lowest BCUT2D eigenvalue weighted by Gasteiger charge is -2.19. The van der Waals surface area contributed by atoms with E-state index in [1.54, 1.807) is 6.21 Å². The minimum absolute atomic E-state index is 0.0946. The molecule has 2 heterocycles. The topological polar surface area (TPSA) is 121 Å². The van der Waals surface area contributed by atoms with Crippen LogP contribution in [0.5, 0.6) is 0 Å². The van der Waals surface area contributed by atoms with Gasteiger partial charge in [0.1, 0.15) is 19.0 Å². The van der Waals surface area contributed by atoms with E-state index in [4.69, 9.17) is 16.2 Å². The standard InChI is InChI=1S/C23H24N6O2/c1-15-27-28-23-14-31-13-20-19(9-16-5-3-2-4-6-16)18(7-8-21(20)29(15)23)17(10-24)11-26-12-22(25)30/h2-8,10-11H,9,12-14,24H2,1H3,(H2,25,30). The second-order valence-electron chi connectivity index (χ2n) is 7.30. The van der Waals surface area contributed by atoms with Crippen LogP contribution in [0.1, 0.15) is 33.9 Å². The lowest BCUT2D eigenvalue weighted by Crippen LogP contribution is -2.14. The third kappa shape index (κ3) is 4.24. The van der Waals surface area contributed by atoms with Gasteiger partial charge in [-0.3, -0.25) is 14.4 Å². The number of rotatable bonds is 6. The van der Waals surface area contributed by atoms with Gasteiger partial charge in [0.25, 0.3) is 0 Å². The van der Waals surface area contributed by atoms with E-state index in [-0.39, 0.29) is 6.54 Å². The zero-order chi connectivity index (χ0) is 21.8. The Morgan fingerprint density at radius 1 is 1.19 bits per heavy atom. The molecule has 4 rings (SSSR count). The summed E-state index contributed by atoms with van der Waals surface area (Å²) >= 11 is 0. The molecule has 0 radical (unpaired) electrons. The van der Waals surface area contributed by atoms with Gasteiger partial charge in [-0.25, -0.2) is 0 Å². The number of amides is 1. The van der Waals surface area contributed by atoms with Crippen molar-refractivity contribution in [2.24, 2.45) is 16.5 Å². The highest BCUT2D eigenvalue weighted by Crippen LogP contribution is 2.32. The third-order valence-electron chi connectivity index (χ3n) is 5.21. The summed E-state index contributed by atoms with van der Waals surface area (Å²) in [5, 5.41) is 8.47. The first-order valence-corrected chi connectivity index (χ1v) is 9.96. The molecular weight excluding hydrogens is 392 g/mol. The van der Waals surface area contributed by atoms with Crippen molar-refractivity contribution in [3.63, 3.8) is 0 Å². The van der Waals surface area contributed by atoms with Gasteiger partial charge in [-0.1, -0.05) is 36.4 Å². The van der Waals surface area contributed by atoms with Gasteiger partial charge < -0.3 is 16.2 Å². The zero-order valence-corrected chi connectivity index (χ0v) is 17.3. The van der Waals surface area contributed by atoms with Crippen LogP contribution in [0.25, 0.3) is 11.3 Å². The molecule has 3 aromatic rings. The van der Waals surface area contributed by atoms with Gasteiger partial charge in [-0.15, -0.1) is 10.2 Å². The summed E-state index contributed by atoms with van der Waals surface area (Å²) in [6, 6.07) is 14.2. The fraction of sp³-hybridized carbons (Fsp3) is 0.217. The average molecular weight is 416 g/mol. The molecule has 2 aromatic carbocycles. The van der Waals surface area contributed by atoms with Crippen molar-refractivity contribution in [1.82, 2.24) is 14.8 Å². The van der Waals surface area contributed by atoms with E-state index in [0.717, 1.165) is 39.6 Å². The van der Waals surface area contributed by atoms with E-state index in [2.05, 4.69) is 27.3 Å². The number of aliphatic imine (C=N–C) groups is 1. The SMILES string of the molecule is Cc1nnc2n1-c1ccc(C(C=NCC(N)=O)=CN)c(Cc3ccccc3)c1COC2. The van der Waals surface area contributed by atoms with Crippen molar-refractivity contribution < 1.29 is 9.53 Å². The van der Waals surface area contributed by atoms with Gasteiger partial charge >= 0.3 is 0 Å². The second-order valence-corrected chi connectivity index (χ2v) is 7.30. The Bertz CT molecular complexity index is 1160. The largest absolute Gasteiger partial charge is 0.404 e. The van der Waals surface area contributed by atoms with E-state index in [9.17, 15) is 4.79 Å². The number of benzene rings is 2. The average Bonchev–Trinajstić information content (AvgIpc) is 3.02. The molecule has 0 spiro atoms. The fourth-order valence-corrected chi connectivity index (χ4v) is 3.82. The number of hydrogen-bond acceptors (Lipinski definition) is 6. The van der Waals surface area contributed by atoms with E-state index in [1.807, 2.05) is 41.8 Å². The van der Waals surface area contributed by atoms with Gasteiger partial charge in [-0.05, 0) is 36.1 Å². The third-order valence-corrected chi connectivity index (χ3v) is 5.21. The maximum atomic E-state index is 11.1. The molecule has 8 nitrogen and oxygen atoms in total. The van der Waals surface area contributed by atoms with E-state index >= 15 is 0 Å². The Hall–Kier alpha value is -3.78. The summed E-state index contributed by atoms with van der Waals surface area (Å²) in [4.78, 5) is 15.2. The Balaban J connectivity index is 1.88. The van der Waals surface area contributed by atoms with Gasteiger partial charge in [0.15, 0.2) is 5.82 Å². The van der Waals surface area contributed by atoms with Crippen molar-refractivity contribution in [1.29, 1.82) is 0 Å². The van der Waals surface area contributed by atoms with Gasteiger partial charge in [0.2, 0.25) is 5.91 Å². The molecule has 1 aromatic heterocycles. The molecule has 0 atom stereocenters. The summed E-state index contributed by atoms with van der Waals surface area (Å²) in [5.74, 6) is 1.08. The fourth-order valence-electron chi connectivity index (χ4n) is 3.82. The summed E-state index contributed by atoms with van der Waals surface area (Å²) < 4.78 is 7.99. The smallest absolute Gasteiger partial charge is 0.239 e. The number of carbonyl (C=O) groups excluding carboxylic acids is 1. The molecule has 0 unspecified atom stereocenters. The summed E-state index contributed by atoms with van der Waals surface area (Å²) in [7, 11) is 0. The highest BCUT2D eigenvalue weighted by atomic mass is 16.5. The molecule has 0 saturated heterocycles. The minimum Gasteiger partial charge on any atom is -0.404 e. The lowest BCUT2D eigenvalue weighted by atomic mass is 9.90. The number of ether oxygens (including phenoxy) is 1. The van der Waals surface area contributed by atoms with Crippen LogP contribution in [0.4, 0.5) is 0 Å². The van der Waals surface area contributed by atoms with Crippen molar-refractivity contribution >= 4 is 17.7 Å². The van der Waals surface area contributed by atoms with Crippen LogP contribution in [0.15, 0.2) is 53.7 Å². The Labute approximate surface area is 180 Å². The molecule has 1 amide bonds. The van der Waals surface area contributed by atoms with Gasteiger partial charge in [0.05, 0.1) is 12.3 Å². The lowest BCUT2D eigenvalue weighted by molar-refractivity contribution is -0.116. The minimum atomic E-state index is -0.497. The van der Waals surface area contributed by atoms with E-state index in [1.165, 1.54) is 6.20 Å². The second kappa shape index (κ2) is 8.93. The van der Waals surface area contributed by atoms with E-state index in [0.29, 0.717) is 25.2 Å². The van der Waals surface area contributed by atoms with Crippen LogP contribution in [-0.4, -0.2) is 33.4 Å². The molecular formula is C23H24N6O2. The maximum Gasteiger partial charge on any atom is 0.239 e. The van der Waals surface area contributed by atoms with Crippen molar-refractivity contribution in [2.45, 2.75) is 26.6 Å². The maximum absolute atomic E-state index is 11.1. The number of fused-ring (bicyclic) bond motifs is 3. The van der Waals surface area contributed by atoms with Gasteiger partial charge in [0, 0.05) is 23.6 Å². The van der Waals surface area contributed by atoms with Crippen LogP contribution in [0, 0.1) is 6.92 Å². The molecule has 0 bridgehead atoms. The molecule has 4 N–H and O–H groups in total. The zero-order valence-electron chi connectivity index (χ0n) is 17.3. The quantitative estimate of drug-likeness (QED) is 0.596.